The number of aliphatic carboxylic acids is 1. The van der Waals surface area contributed by atoms with Crippen molar-refractivity contribution in [3.05, 3.63) is 24.3 Å². The third-order valence-electron chi connectivity index (χ3n) is 11.4. The fraction of sp³-hybridized carbons (Fsp3) is 0.863. The van der Waals surface area contributed by atoms with Gasteiger partial charge in [0.2, 0.25) is 0 Å². The van der Waals surface area contributed by atoms with E-state index < -0.39 is 18.1 Å². The van der Waals surface area contributed by atoms with E-state index in [9.17, 15) is 19.5 Å². The predicted octanol–water partition coefficient (Wildman–Crippen LogP) is 14.0. The van der Waals surface area contributed by atoms with Gasteiger partial charge in [-0.05, 0) is 44.9 Å². The Hall–Kier alpha value is -2.19. The minimum Gasteiger partial charge on any atom is -0.477 e. The second-order valence-corrected chi connectivity index (χ2v) is 18.1. The van der Waals surface area contributed by atoms with Crippen LogP contribution in [0.25, 0.3) is 0 Å². The van der Waals surface area contributed by atoms with E-state index in [0.29, 0.717) is 19.3 Å². The van der Waals surface area contributed by atoms with Gasteiger partial charge in [-0.2, -0.15) is 0 Å². The lowest BCUT2D eigenvalue weighted by Gasteiger charge is -2.31. The molecule has 0 aliphatic rings. The van der Waals surface area contributed by atoms with E-state index in [4.69, 9.17) is 14.2 Å². The Labute approximate surface area is 364 Å². The molecular formula is C51H96NO7+. The molecule has 0 aromatic heterocycles. The minimum absolute atomic E-state index is 0.0477. The van der Waals surface area contributed by atoms with Crippen LogP contribution in [-0.4, -0.2) is 80.6 Å². The van der Waals surface area contributed by atoms with Crippen LogP contribution in [0.3, 0.4) is 0 Å². The maximum atomic E-state index is 12.8. The number of carbonyl (C=O) groups is 3. The maximum Gasteiger partial charge on any atom is 0.362 e. The third-order valence-corrected chi connectivity index (χ3v) is 11.4. The van der Waals surface area contributed by atoms with Gasteiger partial charge in [0.15, 0.2) is 12.1 Å². The molecule has 59 heavy (non-hydrogen) atoms. The smallest absolute Gasteiger partial charge is 0.362 e. The molecule has 0 heterocycles. The Kier molecular flexibility index (Phi) is 40.9. The van der Waals surface area contributed by atoms with Gasteiger partial charge in [-0.15, -0.1) is 0 Å². The molecule has 346 valence electrons. The zero-order chi connectivity index (χ0) is 43.5. The molecule has 8 nitrogen and oxygen atoms in total. The topological polar surface area (TPSA) is 99.1 Å². The predicted molar refractivity (Wildman–Crippen MR) is 248 cm³/mol. The van der Waals surface area contributed by atoms with Crippen LogP contribution in [0, 0.1) is 0 Å². The van der Waals surface area contributed by atoms with Gasteiger partial charge in [0.1, 0.15) is 6.61 Å². The summed E-state index contributed by atoms with van der Waals surface area (Å²) in [5.74, 6) is -1.46. The molecule has 0 rings (SSSR count). The molecule has 1 N–H and O–H groups in total. The van der Waals surface area contributed by atoms with Crippen LogP contribution in [-0.2, 0) is 28.6 Å². The number of esters is 2. The molecule has 2 unspecified atom stereocenters. The number of unbranched alkanes of at least 4 members (excludes halogenated alkanes) is 27. The van der Waals surface area contributed by atoms with Gasteiger partial charge < -0.3 is 23.8 Å². The summed E-state index contributed by atoms with van der Waals surface area (Å²) in [7, 11) is 5.54. The lowest BCUT2D eigenvalue weighted by Crippen LogP contribution is -2.50. The fourth-order valence-electron chi connectivity index (χ4n) is 7.48. The van der Waals surface area contributed by atoms with Crippen LogP contribution in [0.4, 0.5) is 0 Å². The van der Waals surface area contributed by atoms with Crippen LogP contribution in [0.15, 0.2) is 24.3 Å². The van der Waals surface area contributed by atoms with Gasteiger partial charge in [-0.1, -0.05) is 192 Å². The molecule has 0 bridgehead atoms. The minimum atomic E-state index is -0.873. The monoisotopic (exact) mass is 835 g/mol. The van der Waals surface area contributed by atoms with Gasteiger partial charge in [0.25, 0.3) is 0 Å². The van der Waals surface area contributed by atoms with Crippen LogP contribution < -0.4 is 0 Å². The molecular weight excluding hydrogens is 739 g/mol. The van der Waals surface area contributed by atoms with Crippen molar-refractivity contribution in [1.82, 2.24) is 0 Å². The van der Waals surface area contributed by atoms with E-state index in [1.54, 1.807) is 0 Å². The number of hydrogen-bond acceptors (Lipinski definition) is 6. The van der Waals surface area contributed by atoms with E-state index in [-0.39, 0.29) is 36.2 Å². The van der Waals surface area contributed by atoms with E-state index >= 15 is 0 Å². The number of nitrogens with zero attached hydrogens (tertiary/aromatic N) is 1. The van der Waals surface area contributed by atoms with Crippen LogP contribution in [0.1, 0.15) is 232 Å². The summed E-state index contributed by atoms with van der Waals surface area (Å²) >= 11 is 0. The molecule has 0 aromatic carbocycles. The molecule has 0 amide bonds. The van der Waals surface area contributed by atoms with Gasteiger partial charge in [0, 0.05) is 19.3 Å². The van der Waals surface area contributed by atoms with Crippen LogP contribution in [0.2, 0.25) is 0 Å². The first kappa shape index (κ1) is 56.8. The largest absolute Gasteiger partial charge is 0.477 e. The summed E-state index contributed by atoms with van der Waals surface area (Å²) < 4.78 is 17.3. The van der Waals surface area contributed by atoms with E-state index in [0.717, 1.165) is 44.9 Å². The number of carbonyl (C=O) groups excluding carboxylic acids is 2. The summed E-state index contributed by atoms with van der Waals surface area (Å²) in [4.78, 5) is 37.1. The Morgan fingerprint density at radius 2 is 0.898 bits per heavy atom. The first-order valence-electron chi connectivity index (χ1n) is 24.9. The molecule has 0 aliphatic carbocycles. The molecule has 0 saturated carbocycles. The highest BCUT2D eigenvalue weighted by Gasteiger charge is 2.31. The zero-order valence-corrected chi connectivity index (χ0v) is 39.5. The van der Waals surface area contributed by atoms with E-state index in [1.807, 2.05) is 21.1 Å². The Morgan fingerprint density at radius 3 is 1.34 bits per heavy atom. The van der Waals surface area contributed by atoms with Crippen molar-refractivity contribution in [2.24, 2.45) is 0 Å². The highest BCUT2D eigenvalue weighted by Crippen LogP contribution is 2.16. The number of carboxylic acid groups (broad SMARTS) is 1. The van der Waals surface area contributed by atoms with Crippen molar-refractivity contribution in [3.8, 4) is 0 Å². The quantitative estimate of drug-likeness (QED) is 0.0282. The van der Waals surface area contributed by atoms with Gasteiger partial charge >= 0.3 is 17.9 Å². The standard InChI is InChI=1S/C51H95NO7/c1-6-8-10-12-14-16-18-20-22-24-25-26-28-30-32-34-36-38-40-42-50(54)59-47(45-57-44-43-48(51(55)56)52(3,4)5)46-58-49(53)41-39-37-35-33-31-29-27-23-21-19-17-15-13-11-9-7-2/h14,16,20,22,47-48H,6-13,15,17-19,21,23-46H2,1-5H3/p+1/b16-14-,22-20-. The van der Waals surface area contributed by atoms with Crippen molar-refractivity contribution in [3.63, 3.8) is 0 Å². The van der Waals surface area contributed by atoms with Crippen molar-refractivity contribution in [2.45, 2.75) is 244 Å². The first-order chi connectivity index (χ1) is 28.6. The molecule has 8 heteroatoms. The first-order valence-corrected chi connectivity index (χ1v) is 24.9. The fourth-order valence-corrected chi connectivity index (χ4v) is 7.48. The molecule has 0 fully saturated rings. The zero-order valence-electron chi connectivity index (χ0n) is 39.5. The highest BCUT2D eigenvalue weighted by molar-refractivity contribution is 5.72. The summed E-state index contributed by atoms with van der Waals surface area (Å²) in [6.07, 6.45) is 47.9. The molecule has 2 atom stereocenters. The Bertz CT molecular complexity index is 1020. The third kappa shape index (κ3) is 41.0. The van der Waals surface area contributed by atoms with E-state index in [2.05, 4.69) is 38.2 Å². The van der Waals surface area contributed by atoms with Crippen LogP contribution in [0.5, 0.6) is 0 Å². The number of quaternary nitrogens is 1. The molecule has 0 aromatic rings. The number of ether oxygens (including phenoxy) is 3. The number of allylic oxidation sites excluding steroid dienone is 4. The van der Waals surface area contributed by atoms with Gasteiger partial charge in [-0.3, -0.25) is 9.59 Å². The lowest BCUT2D eigenvalue weighted by molar-refractivity contribution is -0.887. The van der Waals surface area contributed by atoms with Gasteiger partial charge in [-0.25, -0.2) is 4.79 Å². The number of carboxylic acids is 1. The van der Waals surface area contributed by atoms with Crippen molar-refractivity contribution >= 4 is 17.9 Å². The van der Waals surface area contributed by atoms with Crippen molar-refractivity contribution < 1.29 is 38.2 Å². The van der Waals surface area contributed by atoms with Crippen molar-refractivity contribution in [2.75, 3.05) is 41.0 Å². The second-order valence-electron chi connectivity index (χ2n) is 18.1. The summed E-state index contributed by atoms with van der Waals surface area (Å²) in [5.41, 5.74) is 0. The SMILES string of the molecule is CCCCC/C=C\C/C=C\CCCCCCCCCCCC(=O)OC(COCCC(C(=O)O)[N+](C)(C)C)COC(=O)CCCCCCCCCCCCCCCCCC. The number of hydrogen-bond donors (Lipinski definition) is 1. The molecule has 0 spiro atoms. The summed E-state index contributed by atoms with van der Waals surface area (Å²) in [6, 6.07) is -0.613. The average Bonchev–Trinajstić information content (AvgIpc) is 3.19. The summed E-state index contributed by atoms with van der Waals surface area (Å²) in [6.45, 7) is 4.74. The molecule has 0 radical (unpaired) electrons. The van der Waals surface area contributed by atoms with Gasteiger partial charge in [0.05, 0.1) is 34.4 Å². The van der Waals surface area contributed by atoms with Crippen LogP contribution >= 0.6 is 0 Å². The maximum absolute atomic E-state index is 12.8. The Morgan fingerprint density at radius 1 is 0.508 bits per heavy atom. The van der Waals surface area contributed by atoms with E-state index in [1.165, 1.54) is 154 Å². The number of rotatable bonds is 45. The second kappa shape index (κ2) is 42.5. The number of likely N-dealkylation sites (N-methyl/N-ethyl adjacent to an activating group) is 1. The molecule has 0 saturated heterocycles. The average molecular weight is 835 g/mol. The highest BCUT2D eigenvalue weighted by atomic mass is 16.6. The lowest BCUT2D eigenvalue weighted by atomic mass is 10.0. The Balaban J connectivity index is 4.25. The van der Waals surface area contributed by atoms with Crippen molar-refractivity contribution in [1.29, 1.82) is 0 Å². The molecule has 0 aliphatic heterocycles. The normalized spacial score (nSPS) is 13.0. The summed E-state index contributed by atoms with van der Waals surface area (Å²) in [5, 5.41) is 9.64.